The molecule has 26 heavy (non-hydrogen) atoms. The third-order valence-electron chi connectivity index (χ3n) is 3.65. The summed E-state index contributed by atoms with van der Waals surface area (Å²) < 4.78 is 5.26. The van der Waals surface area contributed by atoms with Crippen molar-refractivity contribution in [3.05, 3.63) is 102 Å². The van der Waals surface area contributed by atoms with Gasteiger partial charge in [0.15, 0.2) is 0 Å². The van der Waals surface area contributed by atoms with Crippen LogP contribution in [0.1, 0.15) is 21.7 Å². The van der Waals surface area contributed by atoms with Crippen molar-refractivity contribution in [1.82, 2.24) is 10.6 Å². The third kappa shape index (κ3) is 4.70. The molecule has 0 fully saturated rings. The summed E-state index contributed by atoms with van der Waals surface area (Å²) in [6.45, 7) is 0.358. The van der Waals surface area contributed by atoms with Crippen LogP contribution in [0.15, 0.2) is 89.2 Å². The van der Waals surface area contributed by atoms with Gasteiger partial charge in [-0.2, -0.15) is 0 Å². The Labute approximate surface area is 151 Å². The summed E-state index contributed by atoms with van der Waals surface area (Å²) >= 11 is 0. The number of carbonyl (C=O) groups excluding carboxylic acids is 2. The van der Waals surface area contributed by atoms with Crippen molar-refractivity contribution in [2.75, 3.05) is 0 Å². The molecule has 0 saturated carbocycles. The SMILES string of the molecule is O=C(NCc1ccccc1)C(=Cc1ccco1)NC(=O)c1ccccc1. The Hall–Kier alpha value is -3.60. The van der Waals surface area contributed by atoms with Crippen LogP contribution in [0.3, 0.4) is 0 Å². The zero-order valence-corrected chi connectivity index (χ0v) is 14.0. The molecule has 3 aromatic rings. The topological polar surface area (TPSA) is 71.3 Å². The fourth-order valence-electron chi connectivity index (χ4n) is 2.33. The van der Waals surface area contributed by atoms with Gasteiger partial charge in [0, 0.05) is 18.2 Å². The summed E-state index contributed by atoms with van der Waals surface area (Å²) in [6.07, 6.45) is 3.01. The van der Waals surface area contributed by atoms with Crippen LogP contribution in [-0.4, -0.2) is 11.8 Å². The maximum atomic E-state index is 12.6. The lowest BCUT2D eigenvalue weighted by Crippen LogP contribution is -2.34. The number of rotatable bonds is 6. The molecule has 1 heterocycles. The van der Waals surface area contributed by atoms with Crippen molar-refractivity contribution in [1.29, 1.82) is 0 Å². The van der Waals surface area contributed by atoms with E-state index in [1.165, 1.54) is 12.3 Å². The van der Waals surface area contributed by atoms with Gasteiger partial charge in [0.25, 0.3) is 11.8 Å². The summed E-state index contributed by atoms with van der Waals surface area (Å²) in [4.78, 5) is 25.0. The molecular formula is C21H18N2O3. The maximum absolute atomic E-state index is 12.6. The van der Waals surface area contributed by atoms with Gasteiger partial charge in [-0.25, -0.2) is 0 Å². The van der Waals surface area contributed by atoms with Gasteiger partial charge in [0.2, 0.25) is 0 Å². The second-order valence-corrected chi connectivity index (χ2v) is 5.56. The molecule has 5 nitrogen and oxygen atoms in total. The smallest absolute Gasteiger partial charge is 0.268 e. The van der Waals surface area contributed by atoms with E-state index >= 15 is 0 Å². The van der Waals surface area contributed by atoms with Gasteiger partial charge in [0.05, 0.1) is 6.26 Å². The van der Waals surface area contributed by atoms with E-state index in [0.717, 1.165) is 5.56 Å². The number of amides is 2. The Morgan fingerprint density at radius 1 is 0.885 bits per heavy atom. The normalized spacial score (nSPS) is 11.0. The molecule has 0 saturated heterocycles. The number of carbonyl (C=O) groups is 2. The Kier molecular flexibility index (Phi) is 5.62. The molecule has 0 unspecified atom stereocenters. The standard InChI is InChI=1S/C21H18N2O3/c24-20(17-10-5-2-6-11-17)23-19(14-18-12-7-13-26-18)21(25)22-15-16-8-3-1-4-9-16/h1-14H,15H2,(H,22,25)(H,23,24). The lowest BCUT2D eigenvalue weighted by Gasteiger charge is -2.11. The maximum Gasteiger partial charge on any atom is 0.268 e. The molecule has 0 atom stereocenters. The van der Waals surface area contributed by atoms with E-state index < -0.39 is 5.91 Å². The van der Waals surface area contributed by atoms with Crippen LogP contribution < -0.4 is 10.6 Å². The van der Waals surface area contributed by atoms with E-state index in [1.54, 1.807) is 36.4 Å². The first kappa shape index (κ1) is 17.2. The van der Waals surface area contributed by atoms with Crippen molar-refractivity contribution < 1.29 is 14.0 Å². The number of benzene rings is 2. The van der Waals surface area contributed by atoms with Crippen LogP contribution in [0.5, 0.6) is 0 Å². The molecule has 0 radical (unpaired) electrons. The Balaban J connectivity index is 1.75. The molecule has 1 aromatic heterocycles. The number of hydrogen-bond donors (Lipinski definition) is 2. The minimum atomic E-state index is -0.394. The average molecular weight is 346 g/mol. The summed E-state index contributed by atoms with van der Waals surface area (Å²) in [5.41, 5.74) is 1.55. The van der Waals surface area contributed by atoms with E-state index in [4.69, 9.17) is 4.42 Å². The molecular weight excluding hydrogens is 328 g/mol. The number of furan rings is 1. The lowest BCUT2D eigenvalue weighted by molar-refractivity contribution is -0.117. The average Bonchev–Trinajstić information content (AvgIpc) is 3.20. The molecule has 2 amide bonds. The van der Waals surface area contributed by atoms with Gasteiger partial charge >= 0.3 is 0 Å². The first-order chi connectivity index (χ1) is 12.7. The molecule has 0 spiro atoms. The van der Waals surface area contributed by atoms with Crippen LogP contribution in [0.2, 0.25) is 0 Å². The van der Waals surface area contributed by atoms with Gasteiger partial charge < -0.3 is 15.1 Å². The first-order valence-corrected chi connectivity index (χ1v) is 8.16. The van der Waals surface area contributed by atoms with Crippen molar-refractivity contribution in [3.63, 3.8) is 0 Å². The third-order valence-corrected chi connectivity index (χ3v) is 3.65. The highest BCUT2D eigenvalue weighted by atomic mass is 16.3. The molecule has 0 aliphatic rings. The quantitative estimate of drug-likeness (QED) is 0.672. The Morgan fingerprint density at radius 3 is 2.23 bits per heavy atom. The summed E-state index contributed by atoms with van der Waals surface area (Å²) in [6, 6.07) is 21.7. The van der Waals surface area contributed by atoms with Crippen LogP contribution >= 0.6 is 0 Å². The Morgan fingerprint density at radius 2 is 1.58 bits per heavy atom. The summed E-state index contributed by atoms with van der Waals surface area (Å²) in [5.74, 6) is -0.281. The van der Waals surface area contributed by atoms with Gasteiger partial charge in [-0.3, -0.25) is 9.59 Å². The minimum Gasteiger partial charge on any atom is -0.465 e. The fourth-order valence-corrected chi connectivity index (χ4v) is 2.33. The predicted octanol–water partition coefficient (Wildman–Crippen LogP) is 3.37. The number of hydrogen-bond acceptors (Lipinski definition) is 3. The van der Waals surface area contributed by atoms with Crippen LogP contribution in [-0.2, 0) is 11.3 Å². The molecule has 0 aliphatic carbocycles. The molecule has 0 bridgehead atoms. The number of nitrogens with one attached hydrogen (secondary N) is 2. The van der Waals surface area contributed by atoms with E-state index in [-0.39, 0.29) is 11.6 Å². The van der Waals surface area contributed by atoms with Gasteiger partial charge in [-0.1, -0.05) is 48.5 Å². The zero-order valence-electron chi connectivity index (χ0n) is 14.0. The minimum absolute atomic E-state index is 0.115. The van der Waals surface area contributed by atoms with E-state index in [2.05, 4.69) is 10.6 Å². The van der Waals surface area contributed by atoms with Crippen molar-refractivity contribution in [3.8, 4) is 0 Å². The van der Waals surface area contributed by atoms with Crippen LogP contribution in [0, 0.1) is 0 Å². The second-order valence-electron chi connectivity index (χ2n) is 5.56. The monoisotopic (exact) mass is 346 g/mol. The highest BCUT2D eigenvalue weighted by molar-refractivity contribution is 6.05. The molecule has 3 rings (SSSR count). The highest BCUT2D eigenvalue weighted by Gasteiger charge is 2.15. The highest BCUT2D eigenvalue weighted by Crippen LogP contribution is 2.08. The van der Waals surface area contributed by atoms with Crippen LogP contribution in [0.25, 0.3) is 6.08 Å². The molecule has 2 aromatic carbocycles. The zero-order chi connectivity index (χ0) is 18.2. The van der Waals surface area contributed by atoms with E-state index in [9.17, 15) is 9.59 Å². The van der Waals surface area contributed by atoms with Crippen molar-refractivity contribution in [2.45, 2.75) is 6.54 Å². The second kappa shape index (κ2) is 8.48. The molecule has 130 valence electrons. The summed E-state index contributed by atoms with van der Waals surface area (Å²) in [5, 5.41) is 5.46. The Bertz CT molecular complexity index is 886. The summed E-state index contributed by atoms with van der Waals surface area (Å²) in [7, 11) is 0. The van der Waals surface area contributed by atoms with E-state index in [1.807, 2.05) is 36.4 Å². The molecule has 2 N–H and O–H groups in total. The first-order valence-electron chi connectivity index (χ1n) is 8.16. The van der Waals surface area contributed by atoms with E-state index in [0.29, 0.717) is 17.9 Å². The van der Waals surface area contributed by atoms with Crippen molar-refractivity contribution in [2.24, 2.45) is 0 Å². The van der Waals surface area contributed by atoms with Gasteiger partial charge in [-0.05, 0) is 29.8 Å². The largest absolute Gasteiger partial charge is 0.465 e. The lowest BCUT2D eigenvalue weighted by atomic mass is 10.2. The predicted molar refractivity (Wildman–Crippen MR) is 98.9 cm³/mol. The van der Waals surface area contributed by atoms with Crippen molar-refractivity contribution >= 4 is 17.9 Å². The molecule has 5 heteroatoms. The van der Waals surface area contributed by atoms with Gasteiger partial charge in [0.1, 0.15) is 11.5 Å². The van der Waals surface area contributed by atoms with Gasteiger partial charge in [-0.15, -0.1) is 0 Å². The fraction of sp³-hybridized carbons (Fsp3) is 0.0476. The van der Waals surface area contributed by atoms with Crippen LogP contribution in [0.4, 0.5) is 0 Å². The molecule has 0 aliphatic heterocycles.